The van der Waals surface area contributed by atoms with Gasteiger partial charge in [-0.15, -0.1) is 0 Å². The zero-order valence-corrected chi connectivity index (χ0v) is 7.90. The molecule has 0 aliphatic heterocycles. The molecule has 2 N–H and O–H groups in total. The van der Waals surface area contributed by atoms with Gasteiger partial charge in [-0.2, -0.15) is 0 Å². The number of ether oxygens (including phenoxy) is 1. The summed E-state index contributed by atoms with van der Waals surface area (Å²) < 4.78 is 4.67. The summed E-state index contributed by atoms with van der Waals surface area (Å²) in [4.78, 5) is 21.1. The van der Waals surface area contributed by atoms with E-state index in [2.05, 4.69) is 11.3 Å². The van der Waals surface area contributed by atoms with Gasteiger partial charge in [0.05, 0.1) is 5.97 Å². The third kappa shape index (κ3) is 6.19. The molecular weight excluding hydrogens is 186 g/mol. The molecule has 0 aromatic rings. The van der Waals surface area contributed by atoms with E-state index < -0.39 is 12.0 Å². The Labute approximate surface area is 82.5 Å². The van der Waals surface area contributed by atoms with E-state index in [4.69, 9.17) is 5.73 Å². The molecule has 0 aromatic heterocycles. The lowest BCUT2D eigenvalue weighted by Gasteiger charge is -2.11. The molecule has 0 radical (unpaired) electrons. The normalized spacial score (nSPS) is 11.8. The van der Waals surface area contributed by atoms with Gasteiger partial charge in [0.25, 0.3) is 0 Å². The minimum absolute atomic E-state index is 0.162. The van der Waals surface area contributed by atoms with Crippen LogP contribution in [0.25, 0.3) is 0 Å². The van der Waals surface area contributed by atoms with Gasteiger partial charge in [-0.25, -0.2) is 0 Å². The summed E-state index contributed by atoms with van der Waals surface area (Å²) in [5.41, 5.74) is 5.17. The summed E-state index contributed by atoms with van der Waals surface area (Å²) in [5, 5.41) is 10.2. The molecular formula is C9H14NO4-. The molecule has 0 fully saturated rings. The number of carbonyl (C=O) groups is 2. The molecule has 5 nitrogen and oxygen atoms in total. The first kappa shape index (κ1) is 12.6. The van der Waals surface area contributed by atoms with Gasteiger partial charge in [-0.3, -0.25) is 4.79 Å². The summed E-state index contributed by atoms with van der Waals surface area (Å²) in [6.07, 6.45) is 2.22. The van der Waals surface area contributed by atoms with Crippen LogP contribution < -0.4 is 10.8 Å². The van der Waals surface area contributed by atoms with Crippen molar-refractivity contribution in [3.05, 3.63) is 12.7 Å². The van der Waals surface area contributed by atoms with Gasteiger partial charge in [0.1, 0.15) is 6.61 Å². The quantitative estimate of drug-likeness (QED) is 0.418. The van der Waals surface area contributed by atoms with Crippen LogP contribution in [0.1, 0.15) is 19.3 Å². The number of nitrogens with two attached hydrogens (primary N) is 1. The van der Waals surface area contributed by atoms with Crippen molar-refractivity contribution in [2.45, 2.75) is 25.3 Å². The van der Waals surface area contributed by atoms with E-state index in [0.29, 0.717) is 6.42 Å². The number of hydrogen-bond donors (Lipinski definition) is 1. The molecule has 0 aliphatic carbocycles. The highest BCUT2D eigenvalue weighted by Crippen LogP contribution is 2.00. The summed E-state index contributed by atoms with van der Waals surface area (Å²) in [6, 6.07) is -1.01. The largest absolute Gasteiger partial charge is 0.548 e. The van der Waals surface area contributed by atoms with Gasteiger partial charge in [-0.05, 0) is 12.8 Å². The molecule has 0 saturated heterocycles. The fourth-order valence-corrected chi connectivity index (χ4v) is 0.808. The Balaban J connectivity index is 3.48. The molecule has 0 heterocycles. The van der Waals surface area contributed by atoms with Gasteiger partial charge in [0.15, 0.2) is 0 Å². The van der Waals surface area contributed by atoms with Crippen molar-refractivity contribution < 1.29 is 19.4 Å². The van der Waals surface area contributed by atoms with Gasteiger partial charge >= 0.3 is 5.97 Å². The molecule has 0 rings (SSSR count). The summed E-state index contributed by atoms with van der Waals surface area (Å²) in [7, 11) is 0. The van der Waals surface area contributed by atoms with Gasteiger partial charge in [-0.1, -0.05) is 12.7 Å². The van der Waals surface area contributed by atoms with Crippen molar-refractivity contribution in [1.82, 2.24) is 0 Å². The zero-order chi connectivity index (χ0) is 11.0. The highest BCUT2D eigenvalue weighted by Gasteiger charge is 2.06. The molecule has 14 heavy (non-hydrogen) atoms. The summed E-state index contributed by atoms with van der Waals surface area (Å²) >= 11 is 0. The average molecular weight is 200 g/mol. The van der Waals surface area contributed by atoms with Crippen LogP contribution in [0.5, 0.6) is 0 Å². The van der Waals surface area contributed by atoms with E-state index in [1.54, 1.807) is 0 Å². The molecule has 0 unspecified atom stereocenters. The molecule has 1 atom stereocenters. The number of hydrogen-bond acceptors (Lipinski definition) is 5. The second-order valence-corrected chi connectivity index (χ2v) is 2.79. The Morgan fingerprint density at radius 2 is 2.21 bits per heavy atom. The van der Waals surface area contributed by atoms with Crippen LogP contribution in [0, 0.1) is 0 Å². The maximum absolute atomic E-state index is 10.9. The number of rotatable bonds is 7. The minimum atomic E-state index is -1.30. The summed E-state index contributed by atoms with van der Waals surface area (Å²) in [5.74, 6) is -1.68. The molecule has 0 bridgehead atoms. The SMILES string of the molecule is C=CCOC(=O)CCC[C@H](N)C(=O)[O-]. The standard InChI is InChI=1S/C9H15NO4/c1-2-6-14-8(11)5-3-4-7(10)9(12)13/h2,7H,1,3-6,10H2,(H,12,13)/p-1/t7-/m0/s1. The maximum Gasteiger partial charge on any atom is 0.306 e. The van der Waals surface area contributed by atoms with Gasteiger partial charge in [0, 0.05) is 12.5 Å². The average Bonchev–Trinajstić information content (AvgIpc) is 2.14. The topological polar surface area (TPSA) is 92.5 Å². The number of carboxylic acid groups (broad SMARTS) is 1. The van der Waals surface area contributed by atoms with Crippen molar-refractivity contribution in [2.75, 3.05) is 6.61 Å². The fraction of sp³-hybridized carbons (Fsp3) is 0.556. The first-order chi connectivity index (χ1) is 6.57. The van der Waals surface area contributed by atoms with Crippen LogP contribution in [0.3, 0.4) is 0 Å². The first-order valence-electron chi connectivity index (χ1n) is 4.31. The van der Waals surface area contributed by atoms with Crippen molar-refractivity contribution in [2.24, 2.45) is 5.73 Å². The maximum atomic E-state index is 10.9. The lowest BCUT2D eigenvalue weighted by atomic mass is 10.1. The van der Waals surface area contributed by atoms with Crippen LogP contribution in [0.2, 0.25) is 0 Å². The second-order valence-electron chi connectivity index (χ2n) is 2.79. The third-order valence-electron chi connectivity index (χ3n) is 1.56. The Morgan fingerprint density at radius 3 is 2.71 bits per heavy atom. The monoisotopic (exact) mass is 200 g/mol. The Bertz CT molecular complexity index is 215. The fourth-order valence-electron chi connectivity index (χ4n) is 0.808. The molecule has 0 spiro atoms. The van der Waals surface area contributed by atoms with Crippen LogP contribution in [0.15, 0.2) is 12.7 Å². The van der Waals surface area contributed by atoms with E-state index >= 15 is 0 Å². The Kier molecular flexibility index (Phi) is 6.39. The molecule has 0 amide bonds. The first-order valence-corrected chi connectivity index (χ1v) is 4.31. The van der Waals surface area contributed by atoms with E-state index in [1.165, 1.54) is 6.08 Å². The van der Waals surface area contributed by atoms with Crippen molar-refractivity contribution in [3.63, 3.8) is 0 Å². The molecule has 0 aliphatic rings. The highest BCUT2D eigenvalue weighted by molar-refractivity contribution is 5.71. The van der Waals surface area contributed by atoms with Gasteiger partial charge < -0.3 is 20.4 Å². The number of aliphatic carboxylic acids is 1. The number of carboxylic acids is 1. The Morgan fingerprint density at radius 1 is 1.57 bits per heavy atom. The van der Waals surface area contributed by atoms with Crippen molar-refractivity contribution >= 4 is 11.9 Å². The van der Waals surface area contributed by atoms with Crippen LogP contribution in [-0.2, 0) is 14.3 Å². The summed E-state index contributed by atoms with van der Waals surface area (Å²) in [6.45, 7) is 3.55. The van der Waals surface area contributed by atoms with Crippen LogP contribution in [0.4, 0.5) is 0 Å². The van der Waals surface area contributed by atoms with Crippen molar-refractivity contribution in [3.8, 4) is 0 Å². The predicted molar refractivity (Wildman–Crippen MR) is 48.0 cm³/mol. The number of carbonyl (C=O) groups excluding carboxylic acids is 2. The van der Waals surface area contributed by atoms with Crippen molar-refractivity contribution in [1.29, 1.82) is 0 Å². The molecule has 0 saturated carbocycles. The lowest BCUT2D eigenvalue weighted by Crippen LogP contribution is -2.41. The van der Waals surface area contributed by atoms with E-state index in [0.717, 1.165) is 0 Å². The predicted octanol–water partition coefficient (Wildman–Crippen LogP) is -1.04. The van der Waals surface area contributed by atoms with E-state index in [9.17, 15) is 14.7 Å². The van der Waals surface area contributed by atoms with E-state index in [1.807, 2.05) is 0 Å². The Hall–Kier alpha value is -1.36. The smallest absolute Gasteiger partial charge is 0.306 e. The molecule has 0 aromatic carbocycles. The third-order valence-corrected chi connectivity index (χ3v) is 1.56. The highest BCUT2D eigenvalue weighted by atomic mass is 16.5. The van der Waals surface area contributed by atoms with Gasteiger partial charge in [0.2, 0.25) is 0 Å². The molecule has 80 valence electrons. The zero-order valence-electron chi connectivity index (χ0n) is 7.90. The minimum Gasteiger partial charge on any atom is -0.548 e. The molecule has 5 heteroatoms. The van der Waals surface area contributed by atoms with E-state index in [-0.39, 0.29) is 25.4 Å². The lowest BCUT2D eigenvalue weighted by molar-refractivity contribution is -0.307. The van der Waals surface area contributed by atoms with Crippen LogP contribution >= 0.6 is 0 Å². The second kappa shape index (κ2) is 7.08. The number of esters is 1. The van der Waals surface area contributed by atoms with Crippen LogP contribution in [-0.4, -0.2) is 24.6 Å².